The smallest absolute Gasteiger partial charge is 0.119 e. The number of nitrogens with zero attached hydrogens (tertiary/aromatic N) is 3. The van der Waals surface area contributed by atoms with Crippen molar-refractivity contribution in [1.82, 2.24) is 9.80 Å². The van der Waals surface area contributed by atoms with Crippen molar-refractivity contribution in [3.05, 3.63) is 65.2 Å². The van der Waals surface area contributed by atoms with Crippen LogP contribution >= 0.6 is 0 Å². The van der Waals surface area contributed by atoms with Crippen molar-refractivity contribution < 1.29 is 9.47 Å². The molecule has 2 aliphatic heterocycles. The molecular formula is C31H41N3O2. The van der Waals surface area contributed by atoms with Crippen molar-refractivity contribution in [3.63, 3.8) is 0 Å². The van der Waals surface area contributed by atoms with Crippen molar-refractivity contribution in [2.45, 2.75) is 56.6 Å². The highest BCUT2D eigenvalue weighted by Crippen LogP contribution is 2.53. The van der Waals surface area contributed by atoms with E-state index in [1.807, 2.05) is 31.4 Å². The fourth-order valence-corrected chi connectivity index (χ4v) is 7.53. The van der Waals surface area contributed by atoms with Crippen molar-refractivity contribution >= 4 is 0 Å². The Hall–Kier alpha value is -2.39. The molecule has 192 valence electrons. The summed E-state index contributed by atoms with van der Waals surface area (Å²) in [5.74, 6) is 2.14. The first kappa shape index (κ1) is 25.3. The van der Waals surface area contributed by atoms with Gasteiger partial charge in [0.2, 0.25) is 0 Å². The number of ether oxygens (including phenoxy) is 2. The van der Waals surface area contributed by atoms with E-state index >= 15 is 0 Å². The first-order chi connectivity index (χ1) is 17.6. The first-order valence-electron chi connectivity index (χ1n) is 13.8. The first-order valence-corrected chi connectivity index (χ1v) is 13.8. The minimum atomic E-state index is 0.186. The molecule has 1 saturated heterocycles. The predicted octanol–water partition coefficient (Wildman–Crippen LogP) is 5.24. The molecule has 0 N–H and O–H groups in total. The molecule has 0 aromatic heterocycles. The van der Waals surface area contributed by atoms with Crippen molar-refractivity contribution in [1.29, 1.82) is 5.26 Å². The van der Waals surface area contributed by atoms with Gasteiger partial charge >= 0.3 is 0 Å². The maximum Gasteiger partial charge on any atom is 0.119 e. The number of nitriles is 1. The van der Waals surface area contributed by atoms with Crippen LogP contribution in [0.5, 0.6) is 5.75 Å². The van der Waals surface area contributed by atoms with E-state index in [1.165, 1.54) is 50.8 Å². The van der Waals surface area contributed by atoms with Crippen molar-refractivity contribution in [2.24, 2.45) is 11.8 Å². The van der Waals surface area contributed by atoms with Gasteiger partial charge in [0.05, 0.1) is 24.3 Å². The van der Waals surface area contributed by atoms with E-state index in [2.05, 4.69) is 47.2 Å². The third-order valence-corrected chi connectivity index (χ3v) is 9.09. The molecule has 5 nitrogen and oxygen atoms in total. The van der Waals surface area contributed by atoms with Crippen molar-refractivity contribution in [3.8, 4) is 11.8 Å². The molecule has 2 heterocycles. The number of benzene rings is 2. The fourth-order valence-electron chi connectivity index (χ4n) is 7.53. The van der Waals surface area contributed by atoms with Gasteiger partial charge in [-0.25, -0.2) is 0 Å². The molecule has 1 unspecified atom stereocenters. The van der Waals surface area contributed by atoms with E-state index in [0.717, 1.165) is 31.8 Å². The van der Waals surface area contributed by atoms with Crippen LogP contribution in [0.3, 0.4) is 0 Å². The Kier molecular flexibility index (Phi) is 7.96. The zero-order valence-electron chi connectivity index (χ0n) is 22.0. The van der Waals surface area contributed by atoms with Crippen LogP contribution in [0, 0.1) is 23.2 Å². The van der Waals surface area contributed by atoms with Crippen LogP contribution in [-0.2, 0) is 16.7 Å². The van der Waals surface area contributed by atoms with Gasteiger partial charge in [0.25, 0.3) is 0 Å². The zero-order chi connectivity index (χ0) is 25.0. The third-order valence-electron chi connectivity index (χ3n) is 9.09. The zero-order valence-corrected chi connectivity index (χ0v) is 22.0. The lowest BCUT2D eigenvalue weighted by atomic mass is 9.56. The second-order valence-corrected chi connectivity index (χ2v) is 11.1. The molecule has 3 atom stereocenters. The number of likely N-dealkylation sites (N-methyl/N-ethyl adjacent to an activating group) is 1. The Balaban J connectivity index is 1.24. The molecule has 1 saturated carbocycles. The Morgan fingerprint density at radius 1 is 1.03 bits per heavy atom. The summed E-state index contributed by atoms with van der Waals surface area (Å²) in [4.78, 5) is 5.20. The molecule has 5 rings (SSSR count). The van der Waals surface area contributed by atoms with Crippen LogP contribution in [0.15, 0.2) is 48.5 Å². The molecule has 0 bridgehead atoms. The van der Waals surface area contributed by atoms with Gasteiger partial charge in [-0.15, -0.1) is 0 Å². The molecule has 2 aromatic rings. The quantitative estimate of drug-likeness (QED) is 0.477. The molecular weight excluding hydrogens is 446 g/mol. The Labute approximate surface area is 217 Å². The molecule has 0 radical (unpaired) electrons. The summed E-state index contributed by atoms with van der Waals surface area (Å²) >= 11 is 0. The summed E-state index contributed by atoms with van der Waals surface area (Å²) in [6.07, 6.45) is 7.68. The van der Waals surface area contributed by atoms with Gasteiger partial charge in [0.1, 0.15) is 5.75 Å². The van der Waals surface area contributed by atoms with Gasteiger partial charge in [0.15, 0.2) is 0 Å². The highest BCUT2D eigenvalue weighted by molar-refractivity contribution is 5.40. The summed E-state index contributed by atoms with van der Waals surface area (Å²) < 4.78 is 12.0. The lowest BCUT2D eigenvalue weighted by Crippen LogP contribution is -2.57. The van der Waals surface area contributed by atoms with Crippen LogP contribution in [-0.4, -0.2) is 62.8 Å². The second kappa shape index (κ2) is 11.3. The molecule has 2 fully saturated rings. The minimum Gasteiger partial charge on any atom is -0.494 e. The Morgan fingerprint density at radius 2 is 1.81 bits per heavy atom. The lowest BCUT2D eigenvalue weighted by molar-refractivity contribution is -0.0196. The molecule has 2 aromatic carbocycles. The number of methoxy groups -OCH3 is 1. The van der Waals surface area contributed by atoms with Gasteiger partial charge in [-0.2, -0.15) is 5.26 Å². The maximum absolute atomic E-state index is 8.95. The molecule has 5 heteroatoms. The number of piperidine rings is 1. The fraction of sp³-hybridized carbons (Fsp3) is 0.581. The third kappa shape index (κ3) is 5.05. The molecule has 36 heavy (non-hydrogen) atoms. The Morgan fingerprint density at radius 3 is 2.56 bits per heavy atom. The highest BCUT2D eigenvalue weighted by Gasteiger charge is 2.54. The van der Waals surface area contributed by atoms with E-state index in [4.69, 9.17) is 14.7 Å². The van der Waals surface area contributed by atoms with E-state index in [9.17, 15) is 0 Å². The monoisotopic (exact) mass is 487 g/mol. The summed E-state index contributed by atoms with van der Waals surface area (Å²) in [7, 11) is 4.24. The molecule has 0 spiro atoms. The van der Waals surface area contributed by atoms with Crippen LogP contribution in [0.1, 0.15) is 55.2 Å². The summed E-state index contributed by atoms with van der Waals surface area (Å²) in [6.45, 7) is 6.33. The predicted molar refractivity (Wildman–Crippen MR) is 143 cm³/mol. The van der Waals surface area contributed by atoms with Gasteiger partial charge in [0, 0.05) is 32.2 Å². The van der Waals surface area contributed by atoms with Gasteiger partial charge in [-0.3, -0.25) is 0 Å². The average molecular weight is 488 g/mol. The summed E-state index contributed by atoms with van der Waals surface area (Å²) in [6, 6.07) is 18.8. The van der Waals surface area contributed by atoms with E-state index < -0.39 is 0 Å². The molecule has 3 aliphatic rings. The standard InChI is InChI=1S/C31H41N3O2/c1-33-22-25-7-3-4-8-28(25)31(23-33,29-9-5-10-30(29)35-2)26-15-18-34(19-16-26)17-6-20-36-27-13-11-24(21-32)12-14-27/h3-4,7-8,11-14,26,29-30H,5-6,9-10,15-20,22-23H2,1-2H3/t29-,30-,31?/m1/s1. The second-order valence-electron chi connectivity index (χ2n) is 11.1. The lowest BCUT2D eigenvalue weighted by Gasteiger charge is -2.54. The van der Waals surface area contributed by atoms with Crippen molar-refractivity contribution in [2.75, 3.05) is 46.9 Å². The number of hydrogen-bond donors (Lipinski definition) is 0. The Bertz CT molecular complexity index is 1040. The highest BCUT2D eigenvalue weighted by atomic mass is 16.5. The minimum absolute atomic E-state index is 0.186. The summed E-state index contributed by atoms with van der Waals surface area (Å²) in [5.41, 5.74) is 4.00. The average Bonchev–Trinajstić information content (AvgIpc) is 3.41. The van der Waals surface area contributed by atoms with E-state index in [0.29, 0.717) is 30.1 Å². The summed E-state index contributed by atoms with van der Waals surface area (Å²) in [5, 5.41) is 8.95. The SMILES string of the molecule is CO[C@@H]1CCC[C@H]1C1(C2CCN(CCCOc3ccc(C#N)cc3)CC2)CN(C)Cc2ccccc21. The van der Waals surface area contributed by atoms with Crippen LogP contribution in [0.25, 0.3) is 0 Å². The normalized spacial score (nSPS) is 27.5. The topological polar surface area (TPSA) is 48.7 Å². The van der Waals surface area contributed by atoms with Crippen LogP contribution in [0.2, 0.25) is 0 Å². The number of hydrogen-bond acceptors (Lipinski definition) is 5. The van der Waals surface area contributed by atoms with Gasteiger partial charge < -0.3 is 19.3 Å². The number of fused-ring (bicyclic) bond motifs is 1. The van der Waals surface area contributed by atoms with Crippen LogP contribution < -0.4 is 4.74 Å². The molecule has 0 amide bonds. The van der Waals surface area contributed by atoms with E-state index in [-0.39, 0.29) is 5.41 Å². The molecule has 1 aliphatic carbocycles. The van der Waals surface area contributed by atoms with Gasteiger partial charge in [-0.05, 0) is 99.5 Å². The maximum atomic E-state index is 8.95. The largest absolute Gasteiger partial charge is 0.494 e. The van der Waals surface area contributed by atoms with Crippen LogP contribution in [0.4, 0.5) is 0 Å². The number of rotatable bonds is 8. The van der Waals surface area contributed by atoms with E-state index in [1.54, 1.807) is 5.56 Å². The number of likely N-dealkylation sites (tertiary alicyclic amines) is 1. The van der Waals surface area contributed by atoms with Gasteiger partial charge in [-0.1, -0.05) is 30.7 Å².